The molecule has 1 aromatic heterocycles. The molecule has 0 aromatic carbocycles. The third-order valence-corrected chi connectivity index (χ3v) is 3.29. The van der Waals surface area contributed by atoms with E-state index in [1.54, 1.807) is 19.2 Å². The number of carbonyl (C=O) groups excluding carboxylic acids is 1. The van der Waals surface area contributed by atoms with Crippen molar-refractivity contribution in [3.05, 3.63) is 23.4 Å². The number of rotatable bonds is 5. The first-order valence-electron chi connectivity index (χ1n) is 6.94. The summed E-state index contributed by atoms with van der Waals surface area (Å²) in [6.07, 6.45) is 0. The normalized spacial score (nSPS) is 15.9. The molecule has 1 aliphatic rings. The molecule has 6 nitrogen and oxygen atoms in total. The fourth-order valence-electron chi connectivity index (χ4n) is 2.18. The zero-order valence-electron chi connectivity index (χ0n) is 12.1. The minimum absolute atomic E-state index is 0.0553. The Morgan fingerprint density at radius 2 is 2.15 bits per heavy atom. The number of amides is 1. The van der Waals surface area contributed by atoms with Gasteiger partial charge in [0, 0.05) is 44.5 Å². The first kappa shape index (κ1) is 14.7. The highest BCUT2D eigenvalue weighted by Gasteiger charge is 2.11. The van der Waals surface area contributed by atoms with Gasteiger partial charge in [-0.2, -0.15) is 0 Å². The molecule has 6 heteroatoms. The lowest BCUT2D eigenvalue weighted by Gasteiger charge is -2.26. The van der Waals surface area contributed by atoms with Crippen molar-refractivity contribution < 1.29 is 9.53 Å². The van der Waals surface area contributed by atoms with E-state index < -0.39 is 0 Å². The minimum atomic E-state index is -0.0553. The molecule has 0 spiro atoms. The maximum absolute atomic E-state index is 12.1. The van der Waals surface area contributed by atoms with E-state index in [2.05, 4.69) is 20.5 Å². The van der Waals surface area contributed by atoms with Crippen LogP contribution in [0.25, 0.3) is 0 Å². The van der Waals surface area contributed by atoms with Gasteiger partial charge in [0.15, 0.2) is 0 Å². The molecule has 20 heavy (non-hydrogen) atoms. The second-order valence-corrected chi connectivity index (χ2v) is 4.84. The summed E-state index contributed by atoms with van der Waals surface area (Å²) in [7, 11) is 1.79. The Hall–Kier alpha value is -1.66. The van der Waals surface area contributed by atoms with E-state index in [1.807, 2.05) is 6.92 Å². The van der Waals surface area contributed by atoms with Crippen LogP contribution in [-0.4, -0.2) is 62.2 Å². The van der Waals surface area contributed by atoms with Crippen molar-refractivity contribution in [2.75, 3.05) is 51.8 Å². The van der Waals surface area contributed by atoms with E-state index >= 15 is 0 Å². The molecule has 1 aromatic rings. The van der Waals surface area contributed by atoms with Gasteiger partial charge in [-0.1, -0.05) is 0 Å². The van der Waals surface area contributed by atoms with E-state index in [0.717, 1.165) is 38.5 Å². The summed E-state index contributed by atoms with van der Waals surface area (Å²) >= 11 is 0. The molecule has 1 amide bonds. The maximum Gasteiger partial charge on any atom is 0.251 e. The van der Waals surface area contributed by atoms with E-state index in [-0.39, 0.29) is 5.91 Å². The highest BCUT2D eigenvalue weighted by atomic mass is 16.5. The lowest BCUT2D eigenvalue weighted by Crippen LogP contribution is -2.41. The number of anilines is 1. The van der Waals surface area contributed by atoms with E-state index in [4.69, 9.17) is 4.74 Å². The molecule has 2 rings (SSSR count). The van der Waals surface area contributed by atoms with Crippen molar-refractivity contribution in [1.82, 2.24) is 15.2 Å². The molecule has 1 aliphatic heterocycles. The molecular weight excluding hydrogens is 256 g/mol. The van der Waals surface area contributed by atoms with Crippen molar-refractivity contribution in [1.29, 1.82) is 0 Å². The SMILES string of the molecule is CNc1cc(C(=O)NCCN2CCOCC2)cc(C)n1. The van der Waals surface area contributed by atoms with Gasteiger partial charge in [-0.3, -0.25) is 9.69 Å². The molecule has 0 unspecified atom stereocenters. The Morgan fingerprint density at radius 1 is 1.40 bits per heavy atom. The number of pyridine rings is 1. The summed E-state index contributed by atoms with van der Waals surface area (Å²) in [5.74, 6) is 0.656. The van der Waals surface area contributed by atoms with Crippen LogP contribution >= 0.6 is 0 Å². The van der Waals surface area contributed by atoms with E-state index in [0.29, 0.717) is 17.9 Å². The molecule has 1 fully saturated rings. The van der Waals surface area contributed by atoms with Crippen molar-refractivity contribution in [2.24, 2.45) is 0 Å². The summed E-state index contributed by atoms with van der Waals surface area (Å²) in [5, 5.41) is 5.91. The molecule has 0 bridgehead atoms. The Labute approximate surface area is 119 Å². The van der Waals surface area contributed by atoms with E-state index in [1.165, 1.54) is 0 Å². The number of nitrogens with zero attached hydrogens (tertiary/aromatic N) is 2. The quantitative estimate of drug-likeness (QED) is 0.821. The van der Waals surface area contributed by atoms with Crippen LogP contribution in [-0.2, 0) is 4.74 Å². The number of nitrogens with one attached hydrogen (secondary N) is 2. The standard InChI is InChI=1S/C14H22N4O2/c1-11-9-12(10-13(15-2)17-11)14(19)16-3-4-18-5-7-20-8-6-18/h9-10H,3-8H2,1-2H3,(H,15,17)(H,16,19). The Bertz CT molecular complexity index is 458. The molecule has 0 aliphatic carbocycles. The minimum Gasteiger partial charge on any atom is -0.379 e. The van der Waals surface area contributed by atoms with Gasteiger partial charge in [-0.15, -0.1) is 0 Å². The second-order valence-electron chi connectivity index (χ2n) is 4.84. The molecule has 1 saturated heterocycles. The van der Waals surface area contributed by atoms with Crippen LogP contribution in [0.2, 0.25) is 0 Å². The first-order chi connectivity index (χ1) is 9.69. The lowest BCUT2D eigenvalue weighted by atomic mass is 10.2. The maximum atomic E-state index is 12.1. The van der Waals surface area contributed by atoms with Gasteiger partial charge < -0.3 is 15.4 Å². The largest absolute Gasteiger partial charge is 0.379 e. The molecule has 0 atom stereocenters. The summed E-state index contributed by atoms with van der Waals surface area (Å²) in [6, 6.07) is 3.56. The first-order valence-corrected chi connectivity index (χ1v) is 6.94. The molecule has 0 radical (unpaired) electrons. The van der Waals surface area contributed by atoms with Crippen LogP contribution < -0.4 is 10.6 Å². The number of hydrogen-bond acceptors (Lipinski definition) is 5. The van der Waals surface area contributed by atoms with Crippen LogP contribution in [0.5, 0.6) is 0 Å². The fourth-order valence-corrected chi connectivity index (χ4v) is 2.18. The number of ether oxygens (including phenoxy) is 1. The summed E-state index contributed by atoms with van der Waals surface area (Å²) in [5.41, 5.74) is 1.47. The van der Waals surface area contributed by atoms with Gasteiger partial charge in [0.05, 0.1) is 13.2 Å². The fraction of sp³-hybridized carbons (Fsp3) is 0.571. The highest BCUT2D eigenvalue weighted by Crippen LogP contribution is 2.09. The van der Waals surface area contributed by atoms with Crippen LogP contribution in [0.15, 0.2) is 12.1 Å². The summed E-state index contributed by atoms with van der Waals surface area (Å²) in [6.45, 7) is 6.83. The van der Waals surface area contributed by atoms with Gasteiger partial charge in [0.25, 0.3) is 5.91 Å². The van der Waals surface area contributed by atoms with Crippen molar-refractivity contribution in [3.8, 4) is 0 Å². The molecule has 2 heterocycles. The van der Waals surface area contributed by atoms with Gasteiger partial charge >= 0.3 is 0 Å². The van der Waals surface area contributed by atoms with Gasteiger partial charge in [-0.05, 0) is 19.1 Å². The van der Waals surface area contributed by atoms with Crippen LogP contribution in [0.4, 0.5) is 5.82 Å². The summed E-state index contributed by atoms with van der Waals surface area (Å²) in [4.78, 5) is 18.7. The van der Waals surface area contributed by atoms with Crippen LogP contribution in [0.1, 0.15) is 16.1 Å². The molecule has 0 saturated carbocycles. The number of carbonyl (C=O) groups is 1. The average Bonchev–Trinajstić information content (AvgIpc) is 2.47. The Kier molecular flexibility index (Phi) is 5.31. The third kappa shape index (κ3) is 4.18. The van der Waals surface area contributed by atoms with Gasteiger partial charge in [-0.25, -0.2) is 4.98 Å². The van der Waals surface area contributed by atoms with Crippen LogP contribution in [0.3, 0.4) is 0 Å². The number of morpholine rings is 1. The predicted molar refractivity (Wildman–Crippen MR) is 78.1 cm³/mol. The smallest absolute Gasteiger partial charge is 0.251 e. The van der Waals surface area contributed by atoms with Gasteiger partial charge in [0.1, 0.15) is 5.82 Å². The summed E-state index contributed by atoms with van der Waals surface area (Å²) < 4.78 is 5.29. The number of aromatic nitrogens is 1. The van der Waals surface area contributed by atoms with Crippen LogP contribution in [0, 0.1) is 6.92 Å². The topological polar surface area (TPSA) is 66.5 Å². The predicted octanol–water partition coefficient (Wildman–Crippen LogP) is 0.494. The highest BCUT2D eigenvalue weighted by molar-refractivity contribution is 5.94. The Balaban J connectivity index is 1.83. The number of hydrogen-bond donors (Lipinski definition) is 2. The zero-order chi connectivity index (χ0) is 14.4. The molecule has 2 N–H and O–H groups in total. The average molecular weight is 278 g/mol. The number of aryl methyl sites for hydroxylation is 1. The second kappa shape index (κ2) is 7.21. The monoisotopic (exact) mass is 278 g/mol. The van der Waals surface area contributed by atoms with Crippen molar-refractivity contribution in [3.63, 3.8) is 0 Å². The molecule has 110 valence electrons. The lowest BCUT2D eigenvalue weighted by molar-refractivity contribution is 0.0383. The molecular formula is C14H22N4O2. The van der Waals surface area contributed by atoms with E-state index in [9.17, 15) is 4.79 Å². The zero-order valence-corrected chi connectivity index (χ0v) is 12.1. The van der Waals surface area contributed by atoms with Crippen molar-refractivity contribution in [2.45, 2.75) is 6.92 Å². The van der Waals surface area contributed by atoms with Crippen molar-refractivity contribution >= 4 is 11.7 Å². The van der Waals surface area contributed by atoms with Gasteiger partial charge in [0.2, 0.25) is 0 Å². The third-order valence-electron chi connectivity index (χ3n) is 3.29. The Morgan fingerprint density at radius 3 is 2.85 bits per heavy atom.